The van der Waals surface area contributed by atoms with Crippen molar-refractivity contribution in [2.75, 3.05) is 0 Å². The molecule has 0 spiro atoms. The quantitative estimate of drug-likeness (QED) is 0.580. The molecule has 1 aliphatic rings. The summed E-state index contributed by atoms with van der Waals surface area (Å²) in [5.41, 5.74) is 3.81. The molecular weight excluding hydrogens is 236 g/mol. The Labute approximate surface area is 114 Å². The van der Waals surface area contributed by atoms with E-state index >= 15 is 0 Å². The smallest absolute Gasteiger partial charge is 0.0348 e. The lowest BCUT2D eigenvalue weighted by Crippen LogP contribution is -2.33. The lowest BCUT2D eigenvalue weighted by atomic mass is 9.63. The normalized spacial score (nSPS) is 20.9. The Morgan fingerprint density at radius 1 is 0.889 bits per heavy atom. The lowest BCUT2D eigenvalue weighted by Gasteiger charge is -2.41. The third-order valence-corrected chi connectivity index (χ3v) is 5.63. The van der Waals surface area contributed by atoms with Gasteiger partial charge >= 0.3 is 0 Å². The second kappa shape index (κ2) is 3.60. The highest BCUT2D eigenvalue weighted by atomic mass is 32.1. The first-order valence-corrected chi connectivity index (χ1v) is 7.66. The Kier molecular flexibility index (Phi) is 2.45. The van der Waals surface area contributed by atoms with Crippen molar-refractivity contribution in [2.45, 2.75) is 58.3 Å². The highest BCUT2D eigenvalue weighted by molar-refractivity contribution is 7.19. The van der Waals surface area contributed by atoms with E-state index in [9.17, 15) is 0 Å². The van der Waals surface area contributed by atoms with Gasteiger partial charge in [-0.05, 0) is 65.3 Å². The van der Waals surface area contributed by atoms with Gasteiger partial charge < -0.3 is 0 Å². The summed E-state index contributed by atoms with van der Waals surface area (Å²) in [6.07, 6.45) is 2.59. The van der Waals surface area contributed by atoms with Gasteiger partial charge in [-0.3, -0.25) is 0 Å². The Balaban J connectivity index is 2.34. The zero-order valence-electron chi connectivity index (χ0n) is 12.1. The second-order valence-corrected chi connectivity index (χ2v) is 8.35. The van der Waals surface area contributed by atoms with Crippen LogP contribution in [0.1, 0.15) is 56.5 Å². The van der Waals surface area contributed by atoms with Gasteiger partial charge in [-0.15, -0.1) is 11.3 Å². The average Bonchev–Trinajstić information content (AvgIpc) is 2.62. The molecule has 3 rings (SSSR count). The molecule has 0 unspecified atom stereocenters. The molecule has 1 aromatic heterocycles. The van der Waals surface area contributed by atoms with Crippen LogP contribution in [0.2, 0.25) is 0 Å². The molecule has 1 aromatic carbocycles. The van der Waals surface area contributed by atoms with E-state index in [-0.39, 0.29) is 0 Å². The number of hydrogen-bond donors (Lipinski definition) is 0. The monoisotopic (exact) mass is 258 g/mol. The van der Waals surface area contributed by atoms with Crippen LogP contribution in [0.15, 0.2) is 18.2 Å². The summed E-state index contributed by atoms with van der Waals surface area (Å²) in [6.45, 7) is 11.8. The minimum atomic E-state index is 0.328. The molecular formula is C17H22S. The molecule has 0 nitrogen and oxygen atoms in total. The molecule has 0 bridgehead atoms. The molecule has 18 heavy (non-hydrogen) atoms. The van der Waals surface area contributed by atoms with Gasteiger partial charge in [0.1, 0.15) is 0 Å². The van der Waals surface area contributed by atoms with Gasteiger partial charge in [-0.1, -0.05) is 27.7 Å². The first-order chi connectivity index (χ1) is 8.29. The van der Waals surface area contributed by atoms with E-state index in [1.54, 1.807) is 11.1 Å². The Morgan fingerprint density at radius 3 is 2.06 bits per heavy atom. The molecule has 0 amide bonds. The molecule has 0 saturated carbocycles. The van der Waals surface area contributed by atoms with Crippen molar-refractivity contribution in [1.29, 1.82) is 0 Å². The molecule has 0 atom stereocenters. The summed E-state index contributed by atoms with van der Waals surface area (Å²) in [6, 6.07) is 7.25. The summed E-state index contributed by atoms with van der Waals surface area (Å²) in [7, 11) is 0. The largest absolute Gasteiger partial charge is 0.141 e. The molecule has 0 fully saturated rings. The molecule has 0 N–H and O–H groups in total. The number of thiophene rings is 1. The fourth-order valence-electron chi connectivity index (χ4n) is 3.23. The number of aryl methyl sites for hydroxylation is 1. The Morgan fingerprint density at radius 2 is 1.44 bits per heavy atom. The highest BCUT2D eigenvalue weighted by Gasteiger charge is 2.37. The lowest BCUT2D eigenvalue weighted by molar-refractivity contribution is 0.332. The minimum absolute atomic E-state index is 0.328. The zero-order valence-corrected chi connectivity index (χ0v) is 12.9. The summed E-state index contributed by atoms with van der Waals surface area (Å²) < 4.78 is 1.46. The molecule has 0 saturated heterocycles. The maximum atomic E-state index is 2.46. The van der Waals surface area contributed by atoms with Crippen molar-refractivity contribution in [3.05, 3.63) is 34.2 Å². The predicted molar refractivity (Wildman–Crippen MR) is 81.8 cm³/mol. The van der Waals surface area contributed by atoms with E-state index in [1.807, 2.05) is 11.3 Å². The van der Waals surface area contributed by atoms with E-state index in [4.69, 9.17) is 0 Å². The SMILES string of the molecule is Cc1cc2cc3c(cc2s1)C(C)(C)CCC3(C)C. The van der Waals surface area contributed by atoms with Crippen molar-refractivity contribution >= 4 is 21.4 Å². The van der Waals surface area contributed by atoms with Crippen LogP contribution in [-0.2, 0) is 10.8 Å². The van der Waals surface area contributed by atoms with Crippen LogP contribution >= 0.6 is 11.3 Å². The van der Waals surface area contributed by atoms with E-state index < -0.39 is 0 Å². The van der Waals surface area contributed by atoms with Gasteiger partial charge in [0.05, 0.1) is 0 Å². The van der Waals surface area contributed by atoms with Crippen LogP contribution in [0.4, 0.5) is 0 Å². The number of fused-ring (bicyclic) bond motifs is 2. The predicted octanol–water partition coefficient (Wildman–Crippen LogP) is 5.56. The Bertz CT molecular complexity index is 561. The third kappa shape index (κ3) is 1.72. The molecule has 96 valence electrons. The van der Waals surface area contributed by atoms with Gasteiger partial charge in [-0.2, -0.15) is 0 Å². The molecule has 0 aliphatic heterocycles. The van der Waals surface area contributed by atoms with Crippen molar-refractivity contribution in [3.63, 3.8) is 0 Å². The summed E-state index contributed by atoms with van der Waals surface area (Å²) in [5.74, 6) is 0. The first kappa shape index (κ1) is 12.2. The highest BCUT2D eigenvalue weighted by Crippen LogP contribution is 2.47. The van der Waals surface area contributed by atoms with Crippen molar-refractivity contribution in [2.24, 2.45) is 0 Å². The van der Waals surface area contributed by atoms with E-state index in [0.717, 1.165) is 0 Å². The van der Waals surface area contributed by atoms with Crippen molar-refractivity contribution in [1.82, 2.24) is 0 Å². The van der Waals surface area contributed by atoms with E-state index in [2.05, 4.69) is 52.8 Å². The van der Waals surface area contributed by atoms with Crippen LogP contribution in [0, 0.1) is 6.92 Å². The minimum Gasteiger partial charge on any atom is -0.141 e. The number of benzene rings is 1. The van der Waals surface area contributed by atoms with Crippen LogP contribution in [-0.4, -0.2) is 0 Å². The molecule has 0 radical (unpaired) electrons. The van der Waals surface area contributed by atoms with E-state index in [1.165, 1.54) is 27.8 Å². The van der Waals surface area contributed by atoms with Gasteiger partial charge in [0.2, 0.25) is 0 Å². The van der Waals surface area contributed by atoms with Crippen LogP contribution < -0.4 is 0 Å². The fraction of sp³-hybridized carbons (Fsp3) is 0.529. The molecule has 2 aromatic rings. The maximum Gasteiger partial charge on any atom is 0.0348 e. The van der Waals surface area contributed by atoms with Crippen molar-refractivity contribution in [3.8, 4) is 0 Å². The van der Waals surface area contributed by atoms with Crippen LogP contribution in [0.25, 0.3) is 10.1 Å². The van der Waals surface area contributed by atoms with E-state index in [0.29, 0.717) is 10.8 Å². The standard InChI is InChI=1S/C17H22S/c1-11-8-12-9-13-14(10-15(12)18-11)17(4,5)7-6-16(13,2)3/h8-10H,6-7H2,1-5H3. The van der Waals surface area contributed by atoms with Crippen molar-refractivity contribution < 1.29 is 0 Å². The molecule has 1 aliphatic carbocycles. The van der Waals surface area contributed by atoms with Gasteiger partial charge in [-0.25, -0.2) is 0 Å². The number of rotatable bonds is 0. The summed E-state index contributed by atoms with van der Waals surface area (Å²) in [5, 5.41) is 1.43. The van der Waals surface area contributed by atoms with Gasteiger partial charge in [0.15, 0.2) is 0 Å². The summed E-state index contributed by atoms with van der Waals surface area (Å²) in [4.78, 5) is 1.42. The second-order valence-electron chi connectivity index (χ2n) is 7.06. The van der Waals surface area contributed by atoms with Crippen LogP contribution in [0.3, 0.4) is 0 Å². The summed E-state index contributed by atoms with van der Waals surface area (Å²) >= 11 is 1.93. The molecule has 1 heteroatoms. The third-order valence-electron chi connectivity index (χ3n) is 4.61. The number of hydrogen-bond acceptors (Lipinski definition) is 1. The average molecular weight is 258 g/mol. The van der Waals surface area contributed by atoms with Gasteiger partial charge in [0.25, 0.3) is 0 Å². The fourth-order valence-corrected chi connectivity index (χ4v) is 4.18. The first-order valence-electron chi connectivity index (χ1n) is 6.85. The molecule has 1 heterocycles. The Hall–Kier alpha value is -0.820. The maximum absolute atomic E-state index is 2.46. The zero-order chi connectivity index (χ0) is 13.1. The topological polar surface area (TPSA) is 0 Å². The van der Waals surface area contributed by atoms with Crippen LogP contribution in [0.5, 0.6) is 0 Å². The van der Waals surface area contributed by atoms with Gasteiger partial charge in [0, 0.05) is 9.58 Å².